The quantitative estimate of drug-likeness (QED) is 0.651. The fourth-order valence-electron chi connectivity index (χ4n) is 2.60. The largest absolute Gasteiger partial charge is 0.328 e. The lowest BCUT2D eigenvalue weighted by Crippen LogP contribution is -2.35. The first kappa shape index (κ1) is 9.05. The molecule has 0 aromatic rings. The highest BCUT2D eigenvalue weighted by molar-refractivity contribution is 4.91. The Bertz CT molecular complexity index is 131. The van der Waals surface area contributed by atoms with Crippen LogP contribution in [0.4, 0.5) is 0 Å². The second-order valence-corrected chi connectivity index (χ2v) is 4.37. The molecule has 1 heteroatoms. The molecule has 0 amide bonds. The summed E-state index contributed by atoms with van der Waals surface area (Å²) in [7, 11) is 0. The predicted molar refractivity (Wildman–Crippen MR) is 49.4 cm³/mol. The molecule has 0 aromatic carbocycles. The first-order valence-corrected chi connectivity index (χ1v) is 4.86. The molecule has 66 valence electrons. The third-order valence-corrected chi connectivity index (χ3v) is 3.60. The normalized spacial score (nSPS) is 40.9. The third-order valence-electron chi connectivity index (χ3n) is 3.60. The van der Waals surface area contributed by atoms with Gasteiger partial charge in [-0.15, -0.1) is 0 Å². The first-order valence-electron chi connectivity index (χ1n) is 4.86. The molecule has 0 saturated heterocycles. The van der Waals surface area contributed by atoms with Crippen LogP contribution in [0.1, 0.15) is 46.5 Å². The highest BCUT2D eigenvalue weighted by Crippen LogP contribution is 2.46. The van der Waals surface area contributed by atoms with E-state index in [9.17, 15) is 0 Å². The first-order chi connectivity index (χ1) is 5.10. The minimum absolute atomic E-state index is 0.391. The molecule has 0 radical (unpaired) electrons. The summed E-state index contributed by atoms with van der Waals surface area (Å²) in [4.78, 5) is 0. The van der Waals surface area contributed by atoms with E-state index in [1.165, 1.54) is 25.7 Å². The fraction of sp³-hybridized carbons (Fsp3) is 1.00. The third kappa shape index (κ3) is 1.58. The van der Waals surface area contributed by atoms with Gasteiger partial charge in [0.05, 0.1) is 0 Å². The van der Waals surface area contributed by atoms with Crippen LogP contribution in [0, 0.1) is 11.3 Å². The van der Waals surface area contributed by atoms with E-state index >= 15 is 0 Å². The molecular formula is C10H21N. The topological polar surface area (TPSA) is 26.0 Å². The van der Waals surface area contributed by atoms with Gasteiger partial charge in [0.1, 0.15) is 0 Å². The van der Waals surface area contributed by atoms with E-state index in [0.717, 1.165) is 5.92 Å². The van der Waals surface area contributed by atoms with Crippen molar-refractivity contribution in [1.82, 2.24) is 0 Å². The summed E-state index contributed by atoms with van der Waals surface area (Å²) in [6.45, 7) is 6.85. The van der Waals surface area contributed by atoms with Crippen molar-refractivity contribution < 1.29 is 0 Å². The van der Waals surface area contributed by atoms with Crippen LogP contribution >= 0.6 is 0 Å². The molecule has 1 aliphatic rings. The van der Waals surface area contributed by atoms with Crippen molar-refractivity contribution >= 4 is 0 Å². The van der Waals surface area contributed by atoms with Crippen molar-refractivity contribution in [2.45, 2.75) is 52.5 Å². The van der Waals surface area contributed by atoms with E-state index in [4.69, 9.17) is 5.73 Å². The molecule has 2 N–H and O–H groups in total. The van der Waals surface area contributed by atoms with Gasteiger partial charge in [-0.2, -0.15) is 0 Å². The lowest BCUT2D eigenvalue weighted by atomic mass is 9.74. The maximum absolute atomic E-state index is 5.95. The molecule has 3 atom stereocenters. The van der Waals surface area contributed by atoms with E-state index in [1.54, 1.807) is 0 Å². The van der Waals surface area contributed by atoms with E-state index in [0.29, 0.717) is 11.5 Å². The summed E-state index contributed by atoms with van der Waals surface area (Å²) in [6, 6.07) is 0.391. The zero-order chi connectivity index (χ0) is 8.48. The molecule has 1 saturated carbocycles. The zero-order valence-electron chi connectivity index (χ0n) is 8.06. The Morgan fingerprint density at radius 3 is 2.64 bits per heavy atom. The van der Waals surface area contributed by atoms with E-state index < -0.39 is 0 Å². The van der Waals surface area contributed by atoms with Crippen molar-refractivity contribution in [2.24, 2.45) is 17.1 Å². The second-order valence-electron chi connectivity index (χ2n) is 4.37. The summed E-state index contributed by atoms with van der Waals surface area (Å²) in [5, 5.41) is 0. The molecule has 0 heterocycles. The summed E-state index contributed by atoms with van der Waals surface area (Å²) >= 11 is 0. The van der Waals surface area contributed by atoms with Gasteiger partial charge in [0.2, 0.25) is 0 Å². The van der Waals surface area contributed by atoms with Gasteiger partial charge in [-0.1, -0.05) is 26.7 Å². The lowest BCUT2D eigenvalue weighted by molar-refractivity contribution is 0.194. The maximum atomic E-state index is 5.95. The van der Waals surface area contributed by atoms with Crippen molar-refractivity contribution in [2.75, 3.05) is 0 Å². The van der Waals surface area contributed by atoms with E-state index in [-0.39, 0.29) is 0 Å². The summed E-state index contributed by atoms with van der Waals surface area (Å²) in [5.41, 5.74) is 6.50. The van der Waals surface area contributed by atoms with Crippen LogP contribution in [0.2, 0.25) is 0 Å². The van der Waals surface area contributed by atoms with Crippen LogP contribution in [0.15, 0.2) is 0 Å². The van der Waals surface area contributed by atoms with Gasteiger partial charge in [-0.05, 0) is 31.1 Å². The van der Waals surface area contributed by atoms with Gasteiger partial charge in [-0.3, -0.25) is 0 Å². The van der Waals surface area contributed by atoms with Crippen LogP contribution in [-0.2, 0) is 0 Å². The SMILES string of the molecule is CC[C@@]1(C)CCC[C@@H]1[C@H](C)N. The minimum Gasteiger partial charge on any atom is -0.328 e. The fourth-order valence-corrected chi connectivity index (χ4v) is 2.60. The Morgan fingerprint density at radius 1 is 1.64 bits per heavy atom. The zero-order valence-corrected chi connectivity index (χ0v) is 8.06. The van der Waals surface area contributed by atoms with Gasteiger partial charge in [0.15, 0.2) is 0 Å². The van der Waals surface area contributed by atoms with Gasteiger partial charge >= 0.3 is 0 Å². The standard InChI is InChI=1S/C10H21N/c1-4-10(3)7-5-6-9(10)8(2)11/h8-9H,4-7,11H2,1-3H3/t8-,9+,10-/m0/s1. The lowest BCUT2D eigenvalue weighted by Gasteiger charge is -2.33. The predicted octanol–water partition coefficient (Wildman–Crippen LogP) is 2.55. The van der Waals surface area contributed by atoms with Crippen LogP contribution in [0.3, 0.4) is 0 Å². The molecule has 1 fully saturated rings. The van der Waals surface area contributed by atoms with Crippen molar-refractivity contribution in [1.29, 1.82) is 0 Å². The van der Waals surface area contributed by atoms with Gasteiger partial charge in [-0.25, -0.2) is 0 Å². The van der Waals surface area contributed by atoms with Crippen molar-refractivity contribution in [3.63, 3.8) is 0 Å². The Kier molecular flexibility index (Phi) is 2.58. The molecule has 0 bridgehead atoms. The smallest absolute Gasteiger partial charge is 0.00439 e. The van der Waals surface area contributed by atoms with Crippen LogP contribution in [-0.4, -0.2) is 6.04 Å². The average Bonchev–Trinajstić information content (AvgIpc) is 2.32. The Morgan fingerprint density at radius 2 is 2.27 bits per heavy atom. The molecular weight excluding hydrogens is 134 g/mol. The van der Waals surface area contributed by atoms with Gasteiger partial charge < -0.3 is 5.73 Å². The monoisotopic (exact) mass is 155 g/mol. The molecule has 0 spiro atoms. The highest BCUT2D eigenvalue weighted by Gasteiger charge is 2.38. The molecule has 0 aromatic heterocycles. The molecule has 1 rings (SSSR count). The summed E-state index contributed by atoms with van der Waals surface area (Å²) in [6.07, 6.45) is 5.41. The molecule has 1 aliphatic carbocycles. The number of nitrogens with two attached hydrogens (primary N) is 1. The average molecular weight is 155 g/mol. The second kappa shape index (κ2) is 3.14. The molecule has 11 heavy (non-hydrogen) atoms. The summed E-state index contributed by atoms with van der Waals surface area (Å²) < 4.78 is 0. The highest BCUT2D eigenvalue weighted by atomic mass is 14.7. The minimum atomic E-state index is 0.391. The van der Waals surface area contributed by atoms with Gasteiger partial charge in [0, 0.05) is 6.04 Å². The van der Waals surface area contributed by atoms with Crippen molar-refractivity contribution in [3.8, 4) is 0 Å². The summed E-state index contributed by atoms with van der Waals surface area (Å²) in [5.74, 6) is 0.771. The van der Waals surface area contributed by atoms with Crippen LogP contribution in [0.25, 0.3) is 0 Å². The number of rotatable bonds is 2. The number of hydrogen-bond donors (Lipinski definition) is 1. The Hall–Kier alpha value is -0.0400. The Labute approximate surface area is 70.4 Å². The van der Waals surface area contributed by atoms with Crippen LogP contribution in [0.5, 0.6) is 0 Å². The van der Waals surface area contributed by atoms with Crippen molar-refractivity contribution in [3.05, 3.63) is 0 Å². The maximum Gasteiger partial charge on any atom is 0.00439 e. The number of hydrogen-bond acceptors (Lipinski definition) is 1. The van der Waals surface area contributed by atoms with E-state index in [2.05, 4.69) is 20.8 Å². The van der Waals surface area contributed by atoms with Gasteiger partial charge in [0.25, 0.3) is 0 Å². The van der Waals surface area contributed by atoms with E-state index in [1.807, 2.05) is 0 Å². The van der Waals surface area contributed by atoms with Crippen LogP contribution < -0.4 is 5.73 Å². The molecule has 0 unspecified atom stereocenters. The molecule has 0 aliphatic heterocycles. The molecule has 1 nitrogen and oxygen atoms in total. The Balaban J connectivity index is 2.64.